The minimum Gasteiger partial charge on any atom is -0.300 e. The van der Waals surface area contributed by atoms with E-state index in [-0.39, 0.29) is 12.2 Å². The second-order valence-corrected chi connectivity index (χ2v) is 4.96. The first-order valence-corrected chi connectivity index (χ1v) is 5.66. The van der Waals surface area contributed by atoms with Crippen LogP contribution >= 0.6 is 7.60 Å². The first kappa shape index (κ1) is 10.6. The minimum absolute atomic E-state index is 0.210. The van der Waals surface area contributed by atoms with Gasteiger partial charge in [-0.05, 0) is 19.9 Å². The van der Waals surface area contributed by atoms with Crippen molar-refractivity contribution in [3.63, 3.8) is 0 Å². The molecule has 0 aromatic carbocycles. The van der Waals surface area contributed by atoms with Crippen LogP contribution in [0.2, 0.25) is 0 Å². The molecule has 13 heavy (non-hydrogen) atoms. The Labute approximate surface area is 77.4 Å². The summed E-state index contributed by atoms with van der Waals surface area (Å²) >= 11 is 0. The lowest BCUT2D eigenvalue weighted by Gasteiger charge is -2.30. The molecule has 0 radical (unpaired) electrons. The SMILES string of the molecule is C=CC(=O)P1(=O)OC(C)CC(C)O1. The highest BCUT2D eigenvalue weighted by Gasteiger charge is 2.40. The normalized spacial score (nSPS) is 39.8. The first-order valence-electron chi connectivity index (χ1n) is 4.11. The molecule has 1 aliphatic heterocycles. The standard InChI is InChI=1S/C8H13O4P/c1-4-8(9)13(10)11-6(2)5-7(3)12-13/h4,6-7H,1,5H2,2-3H3. The van der Waals surface area contributed by atoms with Crippen molar-refractivity contribution in [2.45, 2.75) is 32.5 Å². The molecule has 4 nitrogen and oxygen atoms in total. The van der Waals surface area contributed by atoms with Crippen molar-refractivity contribution in [2.24, 2.45) is 0 Å². The van der Waals surface area contributed by atoms with E-state index in [1.807, 2.05) is 0 Å². The number of hydrogen-bond acceptors (Lipinski definition) is 4. The van der Waals surface area contributed by atoms with Crippen molar-refractivity contribution in [1.29, 1.82) is 0 Å². The molecule has 1 heterocycles. The zero-order valence-corrected chi connectivity index (χ0v) is 8.62. The van der Waals surface area contributed by atoms with Crippen molar-refractivity contribution in [3.05, 3.63) is 12.7 Å². The van der Waals surface area contributed by atoms with Gasteiger partial charge in [0.2, 0.25) is 0 Å². The molecule has 1 rings (SSSR count). The van der Waals surface area contributed by atoms with Crippen molar-refractivity contribution >= 4 is 13.1 Å². The summed E-state index contributed by atoms with van der Waals surface area (Å²) in [5.74, 6) is 0. The number of hydrogen-bond donors (Lipinski definition) is 0. The van der Waals surface area contributed by atoms with Crippen molar-refractivity contribution in [2.75, 3.05) is 0 Å². The average molecular weight is 204 g/mol. The Bertz CT molecular complexity index is 259. The number of carbonyl (C=O) groups excluding carboxylic acids is 1. The Morgan fingerprint density at radius 3 is 2.31 bits per heavy atom. The molecule has 74 valence electrons. The van der Waals surface area contributed by atoms with Crippen LogP contribution in [0.4, 0.5) is 0 Å². The lowest BCUT2D eigenvalue weighted by atomic mass is 10.2. The molecule has 1 aliphatic rings. The van der Waals surface area contributed by atoms with E-state index >= 15 is 0 Å². The monoisotopic (exact) mass is 204 g/mol. The lowest BCUT2D eigenvalue weighted by Crippen LogP contribution is -2.26. The van der Waals surface area contributed by atoms with E-state index in [1.54, 1.807) is 13.8 Å². The fourth-order valence-corrected chi connectivity index (χ4v) is 2.87. The highest BCUT2D eigenvalue weighted by Crippen LogP contribution is 2.55. The third kappa shape index (κ3) is 2.27. The highest BCUT2D eigenvalue weighted by atomic mass is 31.2. The maximum atomic E-state index is 11.7. The van der Waals surface area contributed by atoms with Crippen LogP contribution in [0, 0.1) is 0 Å². The molecule has 1 fully saturated rings. The van der Waals surface area contributed by atoms with Gasteiger partial charge in [-0.25, -0.2) is 0 Å². The van der Waals surface area contributed by atoms with Gasteiger partial charge in [0, 0.05) is 6.42 Å². The summed E-state index contributed by atoms with van der Waals surface area (Å²) in [6.07, 6.45) is 1.21. The lowest BCUT2D eigenvalue weighted by molar-refractivity contribution is -0.111. The van der Waals surface area contributed by atoms with Gasteiger partial charge in [0.15, 0.2) is 0 Å². The van der Waals surface area contributed by atoms with E-state index in [1.165, 1.54) is 0 Å². The Balaban J connectivity index is 2.84. The first-order chi connectivity index (χ1) is 5.98. The molecule has 2 atom stereocenters. The van der Waals surface area contributed by atoms with E-state index < -0.39 is 13.1 Å². The van der Waals surface area contributed by atoms with Crippen LogP contribution in [0.25, 0.3) is 0 Å². The summed E-state index contributed by atoms with van der Waals surface area (Å²) in [5, 5.41) is 0. The molecule has 0 aliphatic carbocycles. The van der Waals surface area contributed by atoms with E-state index in [4.69, 9.17) is 9.05 Å². The van der Waals surface area contributed by atoms with Gasteiger partial charge in [-0.1, -0.05) is 6.58 Å². The van der Waals surface area contributed by atoms with Gasteiger partial charge >= 0.3 is 7.60 Å². The summed E-state index contributed by atoms with van der Waals surface area (Å²) in [5.41, 5.74) is -0.661. The number of rotatable bonds is 2. The second-order valence-electron chi connectivity index (χ2n) is 3.11. The van der Waals surface area contributed by atoms with Gasteiger partial charge in [0.25, 0.3) is 5.52 Å². The largest absolute Gasteiger partial charge is 0.401 e. The molecular weight excluding hydrogens is 191 g/mol. The van der Waals surface area contributed by atoms with Gasteiger partial charge in [0.1, 0.15) is 0 Å². The summed E-state index contributed by atoms with van der Waals surface area (Å²) in [6.45, 7) is 6.78. The smallest absolute Gasteiger partial charge is 0.300 e. The van der Waals surface area contributed by atoms with Crippen LogP contribution in [-0.2, 0) is 18.4 Å². The molecule has 0 aromatic heterocycles. The minimum atomic E-state index is -3.57. The maximum absolute atomic E-state index is 11.7. The average Bonchev–Trinajstić information content (AvgIpc) is 2.00. The third-order valence-electron chi connectivity index (χ3n) is 1.75. The van der Waals surface area contributed by atoms with Crippen LogP contribution in [0.5, 0.6) is 0 Å². The molecule has 1 saturated heterocycles. The van der Waals surface area contributed by atoms with Gasteiger partial charge in [-0.2, -0.15) is 0 Å². The zero-order valence-electron chi connectivity index (χ0n) is 7.73. The highest BCUT2D eigenvalue weighted by molar-refractivity contribution is 7.72. The molecule has 0 N–H and O–H groups in total. The summed E-state index contributed by atoms with van der Waals surface area (Å²) in [6, 6.07) is 0. The Kier molecular flexibility index (Phi) is 3.06. The topological polar surface area (TPSA) is 52.6 Å². The van der Waals surface area contributed by atoms with Gasteiger partial charge in [-0.15, -0.1) is 0 Å². The Hall–Kier alpha value is -0.440. The number of allylic oxidation sites excluding steroid dienone is 1. The summed E-state index contributed by atoms with van der Waals surface area (Å²) in [7, 11) is -3.57. The van der Waals surface area contributed by atoms with Gasteiger partial charge in [0.05, 0.1) is 12.2 Å². The molecule has 0 bridgehead atoms. The second kappa shape index (κ2) is 3.74. The van der Waals surface area contributed by atoms with Gasteiger partial charge in [-0.3, -0.25) is 18.4 Å². The third-order valence-corrected chi connectivity index (χ3v) is 3.74. The van der Waals surface area contributed by atoms with E-state index in [9.17, 15) is 9.36 Å². The van der Waals surface area contributed by atoms with Gasteiger partial charge < -0.3 is 0 Å². The van der Waals surface area contributed by atoms with Crippen LogP contribution in [0.15, 0.2) is 12.7 Å². The van der Waals surface area contributed by atoms with Crippen molar-refractivity contribution < 1.29 is 18.4 Å². The summed E-state index contributed by atoms with van der Waals surface area (Å²) < 4.78 is 21.7. The fraction of sp³-hybridized carbons (Fsp3) is 0.625. The maximum Gasteiger partial charge on any atom is 0.401 e. The quantitative estimate of drug-likeness (QED) is 0.510. The molecule has 0 amide bonds. The van der Waals surface area contributed by atoms with E-state index in [0.717, 1.165) is 6.08 Å². The van der Waals surface area contributed by atoms with E-state index in [2.05, 4.69) is 6.58 Å². The molecular formula is C8H13O4P. The Morgan fingerprint density at radius 2 is 1.92 bits per heavy atom. The molecule has 0 aromatic rings. The summed E-state index contributed by atoms with van der Waals surface area (Å²) in [4.78, 5) is 11.1. The molecule has 5 heteroatoms. The Morgan fingerprint density at radius 1 is 1.46 bits per heavy atom. The van der Waals surface area contributed by atoms with E-state index in [0.29, 0.717) is 6.42 Å². The van der Waals surface area contributed by atoms with Crippen LogP contribution < -0.4 is 0 Å². The number of carbonyl (C=O) groups is 1. The molecule has 0 spiro atoms. The van der Waals surface area contributed by atoms with Crippen LogP contribution in [0.3, 0.4) is 0 Å². The zero-order chi connectivity index (χ0) is 10.1. The van der Waals surface area contributed by atoms with Crippen molar-refractivity contribution in [1.82, 2.24) is 0 Å². The van der Waals surface area contributed by atoms with Crippen LogP contribution in [-0.4, -0.2) is 17.7 Å². The van der Waals surface area contributed by atoms with Crippen LogP contribution in [0.1, 0.15) is 20.3 Å². The predicted molar refractivity (Wildman–Crippen MR) is 48.5 cm³/mol. The fourth-order valence-electron chi connectivity index (χ4n) is 1.27. The molecule has 2 unspecified atom stereocenters. The predicted octanol–water partition coefficient (Wildman–Crippen LogP) is 2.11. The molecule has 0 saturated carbocycles. The van der Waals surface area contributed by atoms with Crippen molar-refractivity contribution in [3.8, 4) is 0 Å².